The second-order valence-corrected chi connectivity index (χ2v) is 3.48. The number of nitrogen functional groups attached to an aromatic ring is 1. The first-order valence-corrected chi connectivity index (χ1v) is 5.10. The summed E-state index contributed by atoms with van der Waals surface area (Å²) in [5.41, 5.74) is 5.40. The smallest absolute Gasteiger partial charge is 0.395 e. The van der Waals surface area contributed by atoms with E-state index in [1.165, 1.54) is 6.07 Å². The highest BCUT2D eigenvalue weighted by molar-refractivity contribution is 5.52. The maximum absolute atomic E-state index is 12.4. The lowest BCUT2D eigenvalue weighted by Crippen LogP contribution is -2.37. The van der Waals surface area contributed by atoms with Crippen LogP contribution in [0.1, 0.15) is 0 Å². The summed E-state index contributed by atoms with van der Waals surface area (Å²) in [7, 11) is 1.56. The fourth-order valence-corrected chi connectivity index (χ4v) is 1.35. The summed E-state index contributed by atoms with van der Waals surface area (Å²) in [6, 6.07) is 1.33. The molecule has 0 saturated heterocycles. The topological polar surface area (TPSA) is 87.3 Å². The van der Waals surface area contributed by atoms with Crippen LogP contribution in [0.3, 0.4) is 0 Å². The average Bonchev–Trinajstić information content (AvgIpc) is 2.26. The van der Waals surface area contributed by atoms with E-state index in [1.807, 2.05) is 0 Å². The number of hydrogen-bond acceptors (Lipinski definition) is 6. The Morgan fingerprint density at radius 2 is 2.11 bits per heavy atom. The molecule has 0 atom stereocenters. The van der Waals surface area contributed by atoms with Crippen molar-refractivity contribution < 1.29 is 18.3 Å². The molecule has 1 heterocycles. The number of anilines is 3. The molecule has 1 aromatic heterocycles. The van der Waals surface area contributed by atoms with Gasteiger partial charge in [-0.3, -0.25) is 0 Å². The molecule has 0 radical (unpaired) electrons. The zero-order chi connectivity index (χ0) is 13.8. The van der Waals surface area contributed by atoms with Crippen LogP contribution in [0.15, 0.2) is 6.07 Å². The second kappa shape index (κ2) is 5.71. The fraction of sp³-hybridized carbons (Fsp3) is 0.556. The van der Waals surface area contributed by atoms with Crippen molar-refractivity contribution in [2.24, 2.45) is 0 Å². The van der Waals surface area contributed by atoms with Gasteiger partial charge < -0.3 is 21.1 Å². The van der Waals surface area contributed by atoms with Gasteiger partial charge in [-0.15, -0.1) is 0 Å². The van der Waals surface area contributed by atoms with Gasteiger partial charge in [-0.25, -0.2) is 0 Å². The molecule has 18 heavy (non-hydrogen) atoms. The van der Waals surface area contributed by atoms with E-state index in [1.54, 1.807) is 7.05 Å². The maximum atomic E-state index is 12.4. The van der Waals surface area contributed by atoms with Crippen molar-refractivity contribution in [2.75, 3.05) is 42.7 Å². The molecule has 0 unspecified atom stereocenters. The SMILES string of the molecule is CNc1cc(N(CCO)CC(F)(F)F)nc(N)n1. The molecular weight excluding hydrogens is 251 g/mol. The Morgan fingerprint density at radius 1 is 1.44 bits per heavy atom. The molecule has 1 rings (SSSR count). The summed E-state index contributed by atoms with van der Waals surface area (Å²) >= 11 is 0. The average molecular weight is 265 g/mol. The molecule has 9 heteroatoms. The predicted octanol–water partition coefficient (Wildman–Crippen LogP) is 0.461. The molecule has 0 bridgehead atoms. The third-order valence-electron chi connectivity index (χ3n) is 2.05. The van der Waals surface area contributed by atoms with E-state index in [9.17, 15) is 13.2 Å². The number of rotatable bonds is 5. The molecule has 0 aliphatic carbocycles. The van der Waals surface area contributed by atoms with Gasteiger partial charge in [0.15, 0.2) is 0 Å². The molecule has 1 aromatic rings. The normalized spacial score (nSPS) is 11.4. The first kappa shape index (κ1) is 14.3. The van der Waals surface area contributed by atoms with Gasteiger partial charge in [0.1, 0.15) is 18.2 Å². The summed E-state index contributed by atoms with van der Waals surface area (Å²) in [6.07, 6.45) is -4.39. The Morgan fingerprint density at radius 3 is 2.61 bits per heavy atom. The second-order valence-electron chi connectivity index (χ2n) is 3.48. The largest absolute Gasteiger partial charge is 0.405 e. The van der Waals surface area contributed by atoms with Crippen LogP contribution in [0.25, 0.3) is 0 Å². The summed E-state index contributed by atoms with van der Waals surface area (Å²) < 4.78 is 37.2. The number of hydrogen-bond donors (Lipinski definition) is 3. The van der Waals surface area contributed by atoms with E-state index < -0.39 is 19.3 Å². The minimum absolute atomic E-state index is 0.0122. The zero-order valence-electron chi connectivity index (χ0n) is 9.70. The number of alkyl halides is 3. The highest BCUT2D eigenvalue weighted by atomic mass is 19.4. The van der Waals surface area contributed by atoms with Gasteiger partial charge in [-0.1, -0.05) is 0 Å². The van der Waals surface area contributed by atoms with Gasteiger partial charge in [0.25, 0.3) is 0 Å². The number of nitrogens with zero attached hydrogens (tertiary/aromatic N) is 3. The van der Waals surface area contributed by atoms with Crippen molar-refractivity contribution in [1.29, 1.82) is 0 Å². The molecule has 4 N–H and O–H groups in total. The zero-order valence-corrected chi connectivity index (χ0v) is 9.70. The van der Waals surface area contributed by atoms with E-state index in [2.05, 4.69) is 15.3 Å². The molecule has 0 fully saturated rings. The van der Waals surface area contributed by atoms with E-state index in [0.717, 1.165) is 4.90 Å². The monoisotopic (exact) mass is 265 g/mol. The first-order valence-electron chi connectivity index (χ1n) is 5.10. The van der Waals surface area contributed by atoms with Crippen molar-refractivity contribution in [2.45, 2.75) is 6.18 Å². The third-order valence-corrected chi connectivity index (χ3v) is 2.05. The summed E-state index contributed by atoms with van der Waals surface area (Å²) in [5, 5.41) is 11.5. The number of aliphatic hydroxyl groups excluding tert-OH is 1. The van der Waals surface area contributed by atoms with Crippen LogP contribution >= 0.6 is 0 Å². The summed E-state index contributed by atoms with van der Waals surface area (Å²) in [6.45, 7) is -1.83. The number of nitrogens with two attached hydrogens (primary N) is 1. The predicted molar refractivity (Wildman–Crippen MR) is 61.3 cm³/mol. The van der Waals surface area contributed by atoms with Crippen molar-refractivity contribution >= 4 is 17.6 Å². The van der Waals surface area contributed by atoms with Crippen LogP contribution in [-0.4, -0.2) is 48.0 Å². The van der Waals surface area contributed by atoms with E-state index in [0.29, 0.717) is 5.82 Å². The van der Waals surface area contributed by atoms with Crippen LogP contribution in [0, 0.1) is 0 Å². The van der Waals surface area contributed by atoms with Crippen LogP contribution in [0.4, 0.5) is 30.8 Å². The number of halogens is 3. The van der Waals surface area contributed by atoms with Gasteiger partial charge in [-0.2, -0.15) is 23.1 Å². The lowest BCUT2D eigenvalue weighted by atomic mass is 10.4. The Labute approximate surface area is 102 Å². The summed E-state index contributed by atoms with van der Waals surface area (Å²) in [4.78, 5) is 8.39. The van der Waals surface area contributed by atoms with Gasteiger partial charge in [-0.05, 0) is 0 Å². The van der Waals surface area contributed by atoms with Gasteiger partial charge in [0.05, 0.1) is 6.61 Å². The van der Waals surface area contributed by atoms with Crippen LogP contribution < -0.4 is 16.0 Å². The van der Waals surface area contributed by atoms with Crippen LogP contribution in [0.2, 0.25) is 0 Å². The van der Waals surface area contributed by atoms with Crippen molar-refractivity contribution in [1.82, 2.24) is 9.97 Å². The Balaban J connectivity index is 3.01. The molecule has 102 valence electrons. The molecule has 0 saturated carbocycles. The lowest BCUT2D eigenvalue weighted by molar-refractivity contribution is -0.120. The van der Waals surface area contributed by atoms with Crippen molar-refractivity contribution in [3.8, 4) is 0 Å². The fourth-order valence-electron chi connectivity index (χ4n) is 1.35. The van der Waals surface area contributed by atoms with Crippen LogP contribution in [-0.2, 0) is 0 Å². The van der Waals surface area contributed by atoms with E-state index >= 15 is 0 Å². The molecule has 0 aliphatic rings. The van der Waals surface area contributed by atoms with Crippen molar-refractivity contribution in [3.05, 3.63) is 6.07 Å². The number of nitrogens with one attached hydrogen (secondary N) is 1. The molecule has 0 aliphatic heterocycles. The summed E-state index contributed by atoms with van der Waals surface area (Å²) in [5.74, 6) is 0.183. The van der Waals surface area contributed by atoms with Gasteiger partial charge >= 0.3 is 6.18 Å². The Bertz CT molecular complexity index is 398. The third kappa shape index (κ3) is 4.24. The van der Waals surface area contributed by atoms with Gasteiger partial charge in [0, 0.05) is 19.7 Å². The van der Waals surface area contributed by atoms with E-state index in [4.69, 9.17) is 10.8 Å². The standard InChI is InChI=1S/C9H14F3N5O/c1-14-6-4-7(16-8(13)15-6)17(2-3-18)5-9(10,11)12/h4,18H,2-3,5H2,1H3,(H3,13,14,15,16). The number of aromatic nitrogens is 2. The quantitative estimate of drug-likeness (QED) is 0.717. The Kier molecular flexibility index (Phi) is 4.54. The minimum atomic E-state index is -4.39. The molecule has 6 nitrogen and oxygen atoms in total. The van der Waals surface area contributed by atoms with Crippen molar-refractivity contribution in [3.63, 3.8) is 0 Å². The highest BCUT2D eigenvalue weighted by Gasteiger charge is 2.31. The van der Waals surface area contributed by atoms with Gasteiger partial charge in [0.2, 0.25) is 5.95 Å². The van der Waals surface area contributed by atoms with E-state index in [-0.39, 0.29) is 18.3 Å². The molecular formula is C9H14F3N5O. The molecule has 0 amide bonds. The molecule has 0 spiro atoms. The lowest BCUT2D eigenvalue weighted by Gasteiger charge is -2.24. The molecule has 0 aromatic carbocycles. The minimum Gasteiger partial charge on any atom is -0.395 e. The van der Waals surface area contributed by atoms with Crippen LogP contribution in [0.5, 0.6) is 0 Å². The Hall–Kier alpha value is -1.77. The maximum Gasteiger partial charge on any atom is 0.405 e. The first-order chi connectivity index (χ1) is 8.35. The highest BCUT2D eigenvalue weighted by Crippen LogP contribution is 2.22. The number of aliphatic hydroxyl groups is 1.